The monoisotopic (exact) mass is 230 g/mol. The topological polar surface area (TPSA) is 6.48 Å². The molecule has 3 heteroatoms. The normalized spacial score (nSPS) is 19.6. The van der Waals surface area contributed by atoms with Gasteiger partial charge in [0.1, 0.15) is 0 Å². The number of hydrogen-bond acceptors (Lipinski definition) is 3. The van der Waals surface area contributed by atoms with Gasteiger partial charge in [-0.15, -0.1) is 0 Å². The minimum Gasteiger partial charge on any atom is -0.309 e. The van der Waals surface area contributed by atoms with Crippen molar-refractivity contribution in [3.8, 4) is 0 Å². The van der Waals surface area contributed by atoms with E-state index in [0.29, 0.717) is 5.41 Å². The van der Waals surface area contributed by atoms with Gasteiger partial charge in [-0.3, -0.25) is 0 Å². The van der Waals surface area contributed by atoms with E-state index in [1.54, 1.807) is 0 Å². The van der Waals surface area contributed by atoms with Gasteiger partial charge in [-0.25, -0.2) is 0 Å². The zero-order chi connectivity index (χ0) is 11.3. The first-order valence-corrected chi connectivity index (χ1v) is 6.65. The summed E-state index contributed by atoms with van der Waals surface area (Å²) >= 11 is 4.50. The molecule has 90 valence electrons. The van der Waals surface area contributed by atoms with E-state index in [4.69, 9.17) is 0 Å². The Morgan fingerprint density at radius 1 is 1.13 bits per heavy atom. The van der Waals surface area contributed by atoms with Gasteiger partial charge < -0.3 is 9.80 Å². The molecule has 0 N–H and O–H groups in total. The highest BCUT2D eigenvalue weighted by Crippen LogP contribution is 2.42. The van der Waals surface area contributed by atoms with Crippen LogP contribution in [0.2, 0.25) is 0 Å². The lowest BCUT2D eigenvalue weighted by atomic mass is 9.70. The summed E-state index contributed by atoms with van der Waals surface area (Å²) in [7, 11) is 6.53. The van der Waals surface area contributed by atoms with Gasteiger partial charge >= 0.3 is 0 Å². The number of nitrogens with zero attached hydrogens (tertiary/aromatic N) is 2. The summed E-state index contributed by atoms with van der Waals surface area (Å²) in [5.74, 6) is 1.06. The molecule has 0 amide bonds. The van der Waals surface area contributed by atoms with E-state index in [0.717, 1.165) is 5.75 Å². The lowest BCUT2D eigenvalue weighted by Gasteiger charge is -2.43. The fourth-order valence-electron chi connectivity index (χ4n) is 2.35. The molecule has 1 fully saturated rings. The zero-order valence-corrected chi connectivity index (χ0v) is 11.4. The lowest BCUT2D eigenvalue weighted by Crippen LogP contribution is -2.42. The zero-order valence-electron chi connectivity index (χ0n) is 10.5. The van der Waals surface area contributed by atoms with Crippen LogP contribution in [0.3, 0.4) is 0 Å². The van der Waals surface area contributed by atoms with E-state index in [1.165, 1.54) is 45.3 Å². The third kappa shape index (κ3) is 4.33. The highest BCUT2D eigenvalue weighted by Gasteiger charge is 2.36. The van der Waals surface area contributed by atoms with Crippen LogP contribution in [0.15, 0.2) is 0 Å². The smallest absolute Gasteiger partial charge is 0.00427 e. The molecule has 1 aliphatic rings. The van der Waals surface area contributed by atoms with Gasteiger partial charge in [0.25, 0.3) is 0 Å². The molecular formula is C12H26N2S. The molecule has 0 radical (unpaired) electrons. The lowest BCUT2D eigenvalue weighted by molar-refractivity contribution is 0.103. The largest absolute Gasteiger partial charge is 0.309 e. The van der Waals surface area contributed by atoms with Crippen molar-refractivity contribution < 1.29 is 0 Å². The van der Waals surface area contributed by atoms with E-state index in [1.807, 2.05) is 0 Å². The summed E-state index contributed by atoms with van der Waals surface area (Å²) in [5.41, 5.74) is 0.552. The first kappa shape index (κ1) is 13.3. The molecule has 2 nitrogen and oxygen atoms in total. The van der Waals surface area contributed by atoms with Gasteiger partial charge in [-0.05, 0) is 64.7 Å². The van der Waals surface area contributed by atoms with Crippen molar-refractivity contribution in [1.82, 2.24) is 9.80 Å². The second-order valence-corrected chi connectivity index (χ2v) is 5.72. The van der Waals surface area contributed by atoms with Crippen LogP contribution in [0, 0.1) is 5.41 Å². The third-order valence-corrected chi connectivity index (χ3v) is 4.17. The van der Waals surface area contributed by atoms with Crippen molar-refractivity contribution in [2.24, 2.45) is 5.41 Å². The molecule has 0 atom stereocenters. The molecule has 0 bridgehead atoms. The molecule has 0 aromatic heterocycles. The predicted octanol–water partition coefficient (Wildman–Crippen LogP) is 1.97. The Bertz CT molecular complexity index is 173. The Morgan fingerprint density at radius 2 is 1.80 bits per heavy atom. The Balaban J connectivity index is 2.14. The summed E-state index contributed by atoms with van der Waals surface area (Å²) in [6.45, 7) is 3.65. The van der Waals surface area contributed by atoms with Crippen LogP contribution in [-0.2, 0) is 0 Å². The van der Waals surface area contributed by atoms with Crippen LogP contribution in [-0.4, -0.2) is 56.3 Å². The van der Waals surface area contributed by atoms with E-state index in [2.05, 4.69) is 43.6 Å². The van der Waals surface area contributed by atoms with Crippen molar-refractivity contribution in [2.45, 2.75) is 25.7 Å². The van der Waals surface area contributed by atoms with Crippen LogP contribution >= 0.6 is 12.6 Å². The molecule has 0 saturated heterocycles. The van der Waals surface area contributed by atoms with Gasteiger partial charge in [-0.2, -0.15) is 12.6 Å². The molecule has 0 unspecified atom stereocenters. The van der Waals surface area contributed by atoms with Crippen LogP contribution in [0.5, 0.6) is 0 Å². The highest BCUT2D eigenvalue weighted by molar-refractivity contribution is 7.80. The van der Waals surface area contributed by atoms with Gasteiger partial charge in [-0.1, -0.05) is 6.42 Å². The van der Waals surface area contributed by atoms with Crippen LogP contribution in [0.4, 0.5) is 0 Å². The second-order valence-electron chi connectivity index (χ2n) is 5.41. The third-order valence-electron chi connectivity index (χ3n) is 3.50. The van der Waals surface area contributed by atoms with Crippen LogP contribution in [0.25, 0.3) is 0 Å². The van der Waals surface area contributed by atoms with Gasteiger partial charge in [0.05, 0.1) is 0 Å². The maximum atomic E-state index is 4.50. The summed E-state index contributed by atoms with van der Waals surface area (Å²) < 4.78 is 0. The first-order chi connectivity index (χ1) is 7.08. The molecule has 0 aliphatic heterocycles. The van der Waals surface area contributed by atoms with Crippen LogP contribution < -0.4 is 0 Å². The van der Waals surface area contributed by atoms with E-state index in [9.17, 15) is 0 Å². The first-order valence-electron chi connectivity index (χ1n) is 6.02. The SMILES string of the molecule is CN(C)CCCN(C)CC1(CS)CCC1. The number of hydrogen-bond donors (Lipinski definition) is 1. The van der Waals surface area contributed by atoms with Crippen molar-refractivity contribution in [3.63, 3.8) is 0 Å². The molecule has 0 aromatic carbocycles. The van der Waals surface area contributed by atoms with Crippen LogP contribution in [0.1, 0.15) is 25.7 Å². The molecule has 1 rings (SSSR count). The van der Waals surface area contributed by atoms with E-state index in [-0.39, 0.29) is 0 Å². The van der Waals surface area contributed by atoms with Crippen molar-refractivity contribution in [2.75, 3.05) is 46.5 Å². The summed E-state index contributed by atoms with van der Waals surface area (Å²) in [5, 5.41) is 0. The number of rotatable bonds is 7. The summed E-state index contributed by atoms with van der Waals surface area (Å²) in [6, 6.07) is 0. The minimum absolute atomic E-state index is 0.552. The average Bonchev–Trinajstić information content (AvgIpc) is 2.11. The Hall–Kier alpha value is 0.270. The highest BCUT2D eigenvalue weighted by atomic mass is 32.1. The second kappa shape index (κ2) is 6.12. The molecule has 0 heterocycles. The maximum Gasteiger partial charge on any atom is 0.00427 e. The fraction of sp³-hybridized carbons (Fsp3) is 1.00. The molecular weight excluding hydrogens is 204 g/mol. The molecule has 0 aromatic rings. The fourth-order valence-corrected chi connectivity index (χ4v) is 2.77. The van der Waals surface area contributed by atoms with Crippen molar-refractivity contribution in [3.05, 3.63) is 0 Å². The molecule has 0 spiro atoms. The van der Waals surface area contributed by atoms with E-state index < -0.39 is 0 Å². The standard InChI is InChI=1S/C12H26N2S/c1-13(2)8-5-9-14(3)10-12(11-15)6-4-7-12/h15H,4-11H2,1-3H3. The van der Waals surface area contributed by atoms with E-state index >= 15 is 0 Å². The predicted molar refractivity (Wildman–Crippen MR) is 70.8 cm³/mol. The minimum atomic E-state index is 0.552. The Kier molecular flexibility index (Phi) is 5.44. The molecule has 1 aliphatic carbocycles. The van der Waals surface area contributed by atoms with Crippen molar-refractivity contribution >= 4 is 12.6 Å². The van der Waals surface area contributed by atoms with Gasteiger partial charge in [0.15, 0.2) is 0 Å². The van der Waals surface area contributed by atoms with Gasteiger partial charge in [0, 0.05) is 6.54 Å². The average molecular weight is 230 g/mol. The van der Waals surface area contributed by atoms with Crippen molar-refractivity contribution in [1.29, 1.82) is 0 Å². The molecule has 1 saturated carbocycles. The number of thiol groups is 1. The quantitative estimate of drug-likeness (QED) is 0.668. The summed E-state index contributed by atoms with van der Waals surface area (Å²) in [4.78, 5) is 4.74. The summed E-state index contributed by atoms with van der Waals surface area (Å²) in [6.07, 6.45) is 5.45. The van der Waals surface area contributed by atoms with Gasteiger partial charge in [0.2, 0.25) is 0 Å². The Morgan fingerprint density at radius 3 is 2.20 bits per heavy atom. The molecule has 15 heavy (non-hydrogen) atoms. The maximum absolute atomic E-state index is 4.50. The Labute approximate surface area is 100 Å².